The summed E-state index contributed by atoms with van der Waals surface area (Å²) in [6, 6.07) is 0. The van der Waals surface area contributed by atoms with Crippen LogP contribution >= 0.6 is 0 Å². The van der Waals surface area contributed by atoms with E-state index in [0.29, 0.717) is 0 Å². The van der Waals surface area contributed by atoms with E-state index in [1.807, 2.05) is 0 Å². The lowest BCUT2D eigenvalue weighted by Crippen LogP contribution is -2.64. The van der Waals surface area contributed by atoms with Gasteiger partial charge in [0.1, 0.15) is 48.8 Å². The highest BCUT2D eigenvalue weighted by molar-refractivity contribution is 4.94. The molecule has 0 aromatic rings. The van der Waals surface area contributed by atoms with Crippen LogP contribution in [0.4, 0.5) is 0 Å². The maximum Gasteiger partial charge on any atom is 0.187 e. The van der Waals surface area contributed by atoms with Gasteiger partial charge in [-0.25, -0.2) is 0 Å². The SMILES string of the molecule is CO[C@@H]1O[C@H](CO)[C@@H](O[C@@H]2O[C@H](CO)[C@@H](OC)C(O)[C@H]2O)C(O)[C@H]1O. The molecule has 0 radical (unpaired) electrons. The Balaban J connectivity index is 2.13. The third kappa shape index (κ3) is 4.12. The molecular weight excluding hydrogens is 344 g/mol. The van der Waals surface area contributed by atoms with Crippen molar-refractivity contribution in [1.29, 1.82) is 0 Å². The van der Waals surface area contributed by atoms with Gasteiger partial charge in [-0.15, -0.1) is 0 Å². The van der Waals surface area contributed by atoms with E-state index >= 15 is 0 Å². The van der Waals surface area contributed by atoms with E-state index in [1.165, 1.54) is 14.2 Å². The topological polar surface area (TPSA) is 168 Å². The Morgan fingerprint density at radius 1 is 0.680 bits per heavy atom. The molecule has 2 fully saturated rings. The highest BCUT2D eigenvalue weighted by atomic mass is 16.7. The normalized spacial score (nSPS) is 48.5. The van der Waals surface area contributed by atoms with E-state index in [2.05, 4.69) is 0 Å². The first kappa shape index (κ1) is 20.9. The van der Waals surface area contributed by atoms with Crippen molar-refractivity contribution in [2.45, 2.75) is 61.4 Å². The Kier molecular flexibility index (Phi) is 7.49. The number of aliphatic hydroxyl groups is 6. The zero-order valence-corrected chi connectivity index (χ0v) is 13.9. The molecular formula is C14H26O11. The number of ether oxygens (including phenoxy) is 5. The Labute approximate surface area is 144 Å². The van der Waals surface area contributed by atoms with Crippen LogP contribution in [0.15, 0.2) is 0 Å². The maximum atomic E-state index is 10.2. The molecule has 2 unspecified atom stereocenters. The van der Waals surface area contributed by atoms with Gasteiger partial charge in [-0.2, -0.15) is 0 Å². The first-order valence-corrected chi connectivity index (χ1v) is 7.85. The predicted octanol–water partition coefficient (Wildman–Crippen LogP) is -4.09. The minimum Gasteiger partial charge on any atom is -0.394 e. The number of hydrogen-bond donors (Lipinski definition) is 6. The van der Waals surface area contributed by atoms with Crippen LogP contribution in [0.5, 0.6) is 0 Å². The fraction of sp³-hybridized carbons (Fsp3) is 1.00. The molecule has 11 heteroatoms. The molecule has 6 N–H and O–H groups in total. The van der Waals surface area contributed by atoms with Gasteiger partial charge < -0.3 is 54.3 Å². The van der Waals surface area contributed by atoms with E-state index in [1.54, 1.807) is 0 Å². The van der Waals surface area contributed by atoms with Crippen LogP contribution in [0.3, 0.4) is 0 Å². The van der Waals surface area contributed by atoms with Crippen molar-refractivity contribution < 1.29 is 54.3 Å². The van der Waals surface area contributed by atoms with Crippen LogP contribution in [0.25, 0.3) is 0 Å². The minimum absolute atomic E-state index is 0.510. The molecule has 11 nitrogen and oxygen atoms in total. The largest absolute Gasteiger partial charge is 0.394 e. The van der Waals surface area contributed by atoms with Gasteiger partial charge in [-0.1, -0.05) is 0 Å². The Bertz CT molecular complexity index is 406. The smallest absolute Gasteiger partial charge is 0.187 e. The second-order valence-electron chi connectivity index (χ2n) is 5.95. The summed E-state index contributed by atoms with van der Waals surface area (Å²) in [7, 11) is 2.55. The molecule has 0 saturated carbocycles. The van der Waals surface area contributed by atoms with Crippen molar-refractivity contribution in [2.24, 2.45) is 0 Å². The van der Waals surface area contributed by atoms with Gasteiger partial charge in [-0.3, -0.25) is 0 Å². The van der Waals surface area contributed by atoms with Crippen molar-refractivity contribution in [3.8, 4) is 0 Å². The van der Waals surface area contributed by atoms with Gasteiger partial charge in [0.2, 0.25) is 0 Å². The Hall–Kier alpha value is -0.440. The summed E-state index contributed by atoms with van der Waals surface area (Å²) in [4.78, 5) is 0. The van der Waals surface area contributed by atoms with E-state index in [-0.39, 0.29) is 0 Å². The van der Waals surface area contributed by atoms with Crippen LogP contribution in [0.1, 0.15) is 0 Å². The average molecular weight is 370 g/mol. The monoisotopic (exact) mass is 370 g/mol. The van der Waals surface area contributed by atoms with Crippen LogP contribution in [0, 0.1) is 0 Å². The molecule has 10 atom stereocenters. The van der Waals surface area contributed by atoms with Crippen LogP contribution in [0.2, 0.25) is 0 Å². The molecule has 0 aliphatic carbocycles. The van der Waals surface area contributed by atoms with Gasteiger partial charge in [0, 0.05) is 14.2 Å². The second kappa shape index (κ2) is 8.97. The Morgan fingerprint density at radius 3 is 1.68 bits per heavy atom. The first-order valence-electron chi connectivity index (χ1n) is 7.85. The molecule has 2 heterocycles. The molecule has 2 aliphatic rings. The first-order chi connectivity index (χ1) is 11.9. The van der Waals surface area contributed by atoms with Crippen LogP contribution in [-0.2, 0) is 23.7 Å². The number of methoxy groups -OCH3 is 2. The van der Waals surface area contributed by atoms with Crippen molar-refractivity contribution in [3.05, 3.63) is 0 Å². The van der Waals surface area contributed by atoms with Gasteiger partial charge in [0.25, 0.3) is 0 Å². The molecule has 2 saturated heterocycles. The zero-order chi connectivity index (χ0) is 18.7. The molecule has 0 spiro atoms. The number of aliphatic hydroxyl groups excluding tert-OH is 6. The standard InChI is InChI=1S/C14H26O11/c1-21-11-5(3-15)24-14(10(20)7(11)17)25-12-6(4-16)23-13(22-2)9(19)8(12)18/h5-20H,3-4H2,1-2H3/t5-,6-,7?,8?,9-,10-,11-,12-,13-,14+/m1/s1. The fourth-order valence-corrected chi connectivity index (χ4v) is 3.03. The molecule has 0 bridgehead atoms. The van der Waals surface area contributed by atoms with E-state index in [9.17, 15) is 30.6 Å². The molecule has 25 heavy (non-hydrogen) atoms. The lowest BCUT2D eigenvalue weighted by atomic mass is 9.97. The molecule has 148 valence electrons. The van der Waals surface area contributed by atoms with Crippen LogP contribution < -0.4 is 0 Å². The van der Waals surface area contributed by atoms with E-state index in [4.69, 9.17) is 23.7 Å². The highest BCUT2D eigenvalue weighted by Crippen LogP contribution is 2.29. The summed E-state index contributed by atoms with van der Waals surface area (Å²) in [5, 5.41) is 59.3. The number of rotatable bonds is 6. The second-order valence-corrected chi connectivity index (χ2v) is 5.95. The van der Waals surface area contributed by atoms with Gasteiger partial charge in [0.05, 0.1) is 13.2 Å². The van der Waals surface area contributed by atoms with Gasteiger partial charge in [-0.05, 0) is 0 Å². The Morgan fingerprint density at radius 2 is 1.16 bits per heavy atom. The lowest BCUT2D eigenvalue weighted by molar-refractivity contribution is -0.358. The van der Waals surface area contributed by atoms with E-state index < -0.39 is 74.6 Å². The molecule has 0 aromatic heterocycles. The summed E-state index contributed by atoms with van der Waals surface area (Å²) in [5.74, 6) is 0. The fourth-order valence-electron chi connectivity index (χ4n) is 3.03. The summed E-state index contributed by atoms with van der Waals surface area (Å²) < 4.78 is 26.0. The summed E-state index contributed by atoms with van der Waals surface area (Å²) in [5.41, 5.74) is 0. The minimum atomic E-state index is -1.56. The van der Waals surface area contributed by atoms with Gasteiger partial charge >= 0.3 is 0 Å². The molecule has 0 amide bonds. The summed E-state index contributed by atoms with van der Waals surface area (Å²) in [6.45, 7) is -1.08. The molecule has 2 rings (SSSR count). The van der Waals surface area contributed by atoms with Crippen molar-refractivity contribution in [3.63, 3.8) is 0 Å². The van der Waals surface area contributed by atoms with E-state index in [0.717, 1.165) is 0 Å². The lowest BCUT2D eigenvalue weighted by Gasteiger charge is -2.46. The highest BCUT2D eigenvalue weighted by Gasteiger charge is 2.50. The summed E-state index contributed by atoms with van der Waals surface area (Å²) >= 11 is 0. The average Bonchev–Trinajstić information content (AvgIpc) is 2.62. The maximum absolute atomic E-state index is 10.2. The van der Waals surface area contributed by atoms with Crippen molar-refractivity contribution in [1.82, 2.24) is 0 Å². The van der Waals surface area contributed by atoms with Crippen LogP contribution in [-0.4, -0.2) is 119 Å². The predicted molar refractivity (Wildman–Crippen MR) is 78.2 cm³/mol. The summed E-state index contributed by atoms with van der Waals surface area (Å²) in [6.07, 6.45) is -12.9. The number of hydrogen-bond acceptors (Lipinski definition) is 11. The third-order valence-corrected chi connectivity index (χ3v) is 4.44. The quantitative estimate of drug-likeness (QED) is 0.269. The third-order valence-electron chi connectivity index (χ3n) is 4.44. The van der Waals surface area contributed by atoms with Gasteiger partial charge in [0.15, 0.2) is 12.6 Å². The zero-order valence-electron chi connectivity index (χ0n) is 13.9. The molecule has 2 aliphatic heterocycles. The molecule has 0 aromatic carbocycles. The van der Waals surface area contributed by atoms with Crippen molar-refractivity contribution in [2.75, 3.05) is 27.4 Å². The van der Waals surface area contributed by atoms with Crippen molar-refractivity contribution >= 4 is 0 Å².